The zero-order valence-corrected chi connectivity index (χ0v) is 16.7. The third-order valence-electron chi connectivity index (χ3n) is 4.91. The van der Waals surface area contributed by atoms with Crippen molar-refractivity contribution in [2.45, 2.75) is 38.3 Å². The molecule has 1 N–H and O–H groups in total. The maximum Gasteiger partial charge on any atom is 0.287 e. The molecule has 1 aromatic heterocycles. The fraction of sp³-hybridized carbons (Fsp3) is 0.476. The van der Waals surface area contributed by atoms with Crippen LogP contribution in [0.15, 0.2) is 40.8 Å². The number of nitrogens with zero attached hydrogens (tertiary/aromatic N) is 1. The van der Waals surface area contributed by atoms with Gasteiger partial charge in [-0.2, -0.15) is 0 Å². The molecule has 2 atom stereocenters. The van der Waals surface area contributed by atoms with Gasteiger partial charge in [0.25, 0.3) is 5.91 Å². The summed E-state index contributed by atoms with van der Waals surface area (Å²) in [6.45, 7) is 1.25. The molecule has 0 saturated heterocycles. The van der Waals surface area contributed by atoms with Crippen LogP contribution < -0.4 is 10.1 Å². The molecule has 2 unspecified atom stereocenters. The minimum atomic E-state index is -0.150. The molecule has 0 bridgehead atoms. The van der Waals surface area contributed by atoms with Gasteiger partial charge in [-0.1, -0.05) is 24.4 Å². The first-order valence-electron chi connectivity index (χ1n) is 9.44. The lowest BCUT2D eigenvalue weighted by Crippen LogP contribution is -2.45. The van der Waals surface area contributed by atoms with E-state index in [1.807, 2.05) is 0 Å². The molecule has 1 amide bonds. The van der Waals surface area contributed by atoms with E-state index >= 15 is 0 Å². The van der Waals surface area contributed by atoms with Gasteiger partial charge in [0.15, 0.2) is 5.76 Å². The highest BCUT2D eigenvalue weighted by Gasteiger charge is 2.27. The van der Waals surface area contributed by atoms with Gasteiger partial charge in [-0.05, 0) is 69.3 Å². The zero-order chi connectivity index (χ0) is 19.2. The van der Waals surface area contributed by atoms with Gasteiger partial charge in [0.2, 0.25) is 0 Å². The smallest absolute Gasteiger partial charge is 0.287 e. The van der Waals surface area contributed by atoms with Crippen molar-refractivity contribution >= 4 is 17.5 Å². The predicted molar refractivity (Wildman–Crippen MR) is 106 cm³/mol. The van der Waals surface area contributed by atoms with Crippen molar-refractivity contribution in [3.8, 4) is 5.75 Å². The van der Waals surface area contributed by atoms with Crippen LogP contribution in [0.2, 0.25) is 5.02 Å². The van der Waals surface area contributed by atoms with Crippen LogP contribution >= 0.6 is 11.6 Å². The fourth-order valence-electron chi connectivity index (χ4n) is 3.59. The molecule has 1 saturated carbocycles. The highest BCUT2D eigenvalue weighted by Crippen LogP contribution is 2.25. The largest absolute Gasteiger partial charge is 0.486 e. The van der Waals surface area contributed by atoms with E-state index in [0.29, 0.717) is 28.2 Å². The van der Waals surface area contributed by atoms with Gasteiger partial charge < -0.3 is 19.4 Å². The van der Waals surface area contributed by atoms with Crippen molar-refractivity contribution in [3.05, 3.63) is 52.9 Å². The first-order valence-corrected chi connectivity index (χ1v) is 9.82. The Morgan fingerprint density at radius 3 is 2.67 bits per heavy atom. The van der Waals surface area contributed by atoms with Crippen LogP contribution in [-0.4, -0.2) is 37.5 Å². The molecule has 1 aliphatic carbocycles. The third kappa shape index (κ3) is 5.75. The van der Waals surface area contributed by atoms with Gasteiger partial charge in [0.05, 0.1) is 0 Å². The Labute approximate surface area is 165 Å². The SMILES string of the molecule is CN(C)CC1CCCCC1NC(=O)c1ccc(COc2ccc(Cl)cc2)o1. The Kier molecular flexibility index (Phi) is 6.80. The number of furan rings is 1. The number of amides is 1. The van der Waals surface area contributed by atoms with E-state index in [1.54, 1.807) is 36.4 Å². The van der Waals surface area contributed by atoms with E-state index < -0.39 is 0 Å². The summed E-state index contributed by atoms with van der Waals surface area (Å²) in [4.78, 5) is 14.8. The van der Waals surface area contributed by atoms with Crippen LogP contribution in [0.3, 0.4) is 0 Å². The lowest BCUT2D eigenvalue weighted by atomic mass is 9.84. The molecule has 5 nitrogen and oxygen atoms in total. The summed E-state index contributed by atoms with van der Waals surface area (Å²) in [6.07, 6.45) is 4.57. The molecule has 0 aliphatic heterocycles. The quantitative estimate of drug-likeness (QED) is 0.763. The number of halogens is 1. The van der Waals surface area contributed by atoms with Gasteiger partial charge in [0, 0.05) is 17.6 Å². The second kappa shape index (κ2) is 9.29. The third-order valence-corrected chi connectivity index (χ3v) is 5.16. The van der Waals surface area contributed by atoms with Crippen LogP contribution in [0.1, 0.15) is 42.0 Å². The van der Waals surface area contributed by atoms with E-state index in [0.717, 1.165) is 25.8 Å². The summed E-state index contributed by atoms with van der Waals surface area (Å²) in [6, 6.07) is 10.8. The molecule has 27 heavy (non-hydrogen) atoms. The number of rotatable bonds is 7. The molecule has 1 aliphatic rings. The summed E-state index contributed by atoms with van der Waals surface area (Å²) in [7, 11) is 4.15. The average molecular weight is 391 g/mol. The van der Waals surface area contributed by atoms with Gasteiger partial charge in [-0.3, -0.25) is 4.79 Å². The Balaban J connectivity index is 1.55. The minimum Gasteiger partial charge on any atom is -0.486 e. The molecule has 2 aromatic rings. The number of hydrogen-bond acceptors (Lipinski definition) is 4. The van der Waals surface area contributed by atoms with Crippen molar-refractivity contribution in [2.75, 3.05) is 20.6 Å². The molecule has 1 fully saturated rings. The number of nitrogens with one attached hydrogen (secondary N) is 1. The number of hydrogen-bond donors (Lipinski definition) is 1. The van der Waals surface area contributed by atoms with Gasteiger partial charge >= 0.3 is 0 Å². The number of carbonyl (C=O) groups excluding carboxylic acids is 1. The normalized spacial score (nSPS) is 19.9. The molecule has 146 valence electrons. The van der Waals surface area contributed by atoms with Crippen LogP contribution in [0, 0.1) is 5.92 Å². The maximum atomic E-state index is 12.6. The summed E-state index contributed by atoms with van der Waals surface area (Å²) >= 11 is 5.86. The van der Waals surface area contributed by atoms with Crippen LogP contribution in [-0.2, 0) is 6.61 Å². The highest BCUT2D eigenvalue weighted by atomic mass is 35.5. The summed E-state index contributed by atoms with van der Waals surface area (Å²) in [5.74, 6) is 1.99. The predicted octanol–water partition coefficient (Wildman–Crippen LogP) is 4.36. The highest BCUT2D eigenvalue weighted by molar-refractivity contribution is 6.30. The van der Waals surface area contributed by atoms with Gasteiger partial charge in [0.1, 0.15) is 18.1 Å². The Hall–Kier alpha value is -1.98. The topological polar surface area (TPSA) is 54.7 Å². The van der Waals surface area contributed by atoms with Crippen molar-refractivity contribution in [3.63, 3.8) is 0 Å². The van der Waals surface area contributed by atoms with E-state index in [2.05, 4.69) is 24.3 Å². The average Bonchev–Trinajstić information content (AvgIpc) is 3.12. The van der Waals surface area contributed by atoms with Crippen molar-refractivity contribution < 1.29 is 13.9 Å². The molecule has 6 heteroatoms. The number of benzene rings is 1. The first kappa shape index (κ1) is 19.8. The second-order valence-corrected chi connectivity index (χ2v) is 7.83. The monoisotopic (exact) mass is 390 g/mol. The van der Waals surface area contributed by atoms with Gasteiger partial charge in [-0.25, -0.2) is 0 Å². The molecule has 0 spiro atoms. The van der Waals surface area contributed by atoms with E-state index in [1.165, 1.54) is 6.42 Å². The second-order valence-electron chi connectivity index (χ2n) is 7.40. The van der Waals surface area contributed by atoms with E-state index in [-0.39, 0.29) is 18.6 Å². The van der Waals surface area contributed by atoms with Crippen molar-refractivity contribution in [1.29, 1.82) is 0 Å². The molecule has 1 heterocycles. The van der Waals surface area contributed by atoms with Gasteiger partial charge in [-0.15, -0.1) is 0 Å². The van der Waals surface area contributed by atoms with Crippen LogP contribution in [0.5, 0.6) is 5.75 Å². The fourth-order valence-corrected chi connectivity index (χ4v) is 3.71. The first-order chi connectivity index (χ1) is 13.0. The Morgan fingerprint density at radius 2 is 1.93 bits per heavy atom. The van der Waals surface area contributed by atoms with Crippen molar-refractivity contribution in [1.82, 2.24) is 10.2 Å². The lowest BCUT2D eigenvalue weighted by Gasteiger charge is -2.33. The van der Waals surface area contributed by atoms with E-state index in [9.17, 15) is 4.79 Å². The maximum absolute atomic E-state index is 12.6. The summed E-state index contributed by atoms with van der Waals surface area (Å²) in [5, 5.41) is 3.83. The standard InChI is InChI=1S/C21H27ClN2O3/c1-24(2)13-15-5-3-4-6-19(15)23-21(25)20-12-11-18(27-20)14-26-17-9-7-16(22)8-10-17/h7-12,15,19H,3-6,13-14H2,1-2H3,(H,23,25). The van der Waals surface area contributed by atoms with Crippen LogP contribution in [0.25, 0.3) is 0 Å². The Bertz CT molecular complexity index is 742. The molecular weight excluding hydrogens is 364 g/mol. The number of ether oxygens (including phenoxy) is 1. The summed E-state index contributed by atoms with van der Waals surface area (Å²) < 4.78 is 11.3. The van der Waals surface area contributed by atoms with Crippen LogP contribution in [0.4, 0.5) is 0 Å². The van der Waals surface area contributed by atoms with E-state index in [4.69, 9.17) is 20.8 Å². The Morgan fingerprint density at radius 1 is 1.19 bits per heavy atom. The molecular formula is C21H27ClN2O3. The lowest BCUT2D eigenvalue weighted by molar-refractivity contribution is 0.0863. The number of carbonyl (C=O) groups is 1. The molecule has 0 radical (unpaired) electrons. The molecule has 3 rings (SSSR count). The minimum absolute atomic E-state index is 0.150. The zero-order valence-electron chi connectivity index (χ0n) is 15.9. The van der Waals surface area contributed by atoms with Crippen molar-refractivity contribution in [2.24, 2.45) is 5.92 Å². The molecule has 1 aromatic carbocycles. The summed E-state index contributed by atoms with van der Waals surface area (Å²) in [5.41, 5.74) is 0.